The summed E-state index contributed by atoms with van der Waals surface area (Å²) in [4.78, 5) is 24.1. The molecule has 6 heteroatoms. The average molecular weight is 279 g/mol. The summed E-state index contributed by atoms with van der Waals surface area (Å²) >= 11 is 0. The Balaban J connectivity index is 2.40. The Morgan fingerprint density at radius 3 is 2.35 bits per heavy atom. The number of amides is 2. The van der Waals surface area contributed by atoms with Crippen LogP contribution < -0.4 is 15.5 Å². The molecule has 0 saturated carbocycles. The largest absolute Gasteiger partial charge is 0.481 e. The fourth-order valence-electron chi connectivity index (χ4n) is 1.66. The highest BCUT2D eigenvalue weighted by molar-refractivity contribution is 5.89. The number of rotatable bonds is 6. The van der Waals surface area contributed by atoms with Crippen molar-refractivity contribution in [2.45, 2.75) is 13.3 Å². The number of carboxylic acid groups (broad SMARTS) is 1. The van der Waals surface area contributed by atoms with E-state index < -0.39 is 5.97 Å². The lowest BCUT2D eigenvalue weighted by Gasteiger charge is -2.14. The van der Waals surface area contributed by atoms with E-state index in [0.29, 0.717) is 12.2 Å². The zero-order chi connectivity index (χ0) is 15.1. The van der Waals surface area contributed by atoms with Crippen LogP contribution in [-0.4, -0.2) is 37.7 Å². The predicted octanol–water partition coefficient (Wildman–Crippen LogP) is 1.98. The molecule has 0 aliphatic rings. The molecule has 1 aromatic carbocycles. The van der Waals surface area contributed by atoms with Crippen molar-refractivity contribution in [1.82, 2.24) is 5.32 Å². The third kappa shape index (κ3) is 5.60. The van der Waals surface area contributed by atoms with Crippen LogP contribution in [0.25, 0.3) is 0 Å². The van der Waals surface area contributed by atoms with Gasteiger partial charge in [0, 0.05) is 38.4 Å². The molecular formula is C14H21N3O3. The number of nitrogens with one attached hydrogen (secondary N) is 2. The Kier molecular flexibility index (Phi) is 5.83. The number of nitrogens with zero attached hydrogens (tertiary/aromatic N) is 1. The van der Waals surface area contributed by atoms with Crippen LogP contribution in [0.5, 0.6) is 0 Å². The van der Waals surface area contributed by atoms with Crippen molar-refractivity contribution in [2.75, 3.05) is 30.9 Å². The normalized spacial score (nSPS) is 11.6. The first-order valence-corrected chi connectivity index (χ1v) is 6.42. The molecule has 0 spiro atoms. The van der Waals surface area contributed by atoms with Gasteiger partial charge in [-0.3, -0.25) is 4.79 Å². The summed E-state index contributed by atoms with van der Waals surface area (Å²) < 4.78 is 0. The maximum atomic E-state index is 11.6. The van der Waals surface area contributed by atoms with Gasteiger partial charge in [0.15, 0.2) is 0 Å². The average Bonchev–Trinajstić information content (AvgIpc) is 2.36. The summed E-state index contributed by atoms with van der Waals surface area (Å²) in [5.74, 6) is -0.964. The van der Waals surface area contributed by atoms with Crippen molar-refractivity contribution in [1.29, 1.82) is 0 Å². The van der Waals surface area contributed by atoms with E-state index in [9.17, 15) is 9.59 Å². The van der Waals surface area contributed by atoms with E-state index in [1.54, 1.807) is 6.92 Å². The molecular weight excluding hydrogens is 258 g/mol. The highest BCUT2D eigenvalue weighted by Crippen LogP contribution is 2.15. The fraction of sp³-hybridized carbons (Fsp3) is 0.429. The molecule has 0 aliphatic heterocycles. The summed E-state index contributed by atoms with van der Waals surface area (Å²) in [6.45, 7) is 2.11. The minimum Gasteiger partial charge on any atom is -0.481 e. The third-order valence-electron chi connectivity index (χ3n) is 2.78. The van der Waals surface area contributed by atoms with Crippen molar-refractivity contribution < 1.29 is 14.7 Å². The van der Waals surface area contributed by atoms with E-state index in [1.807, 2.05) is 43.3 Å². The smallest absolute Gasteiger partial charge is 0.319 e. The van der Waals surface area contributed by atoms with Crippen molar-refractivity contribution in [3.8, 4) is 0 Å². The van der Waals surface area contributed by atoms with Crippen LogP contribution in [0.2, 0.25) is 0 Å². The van der Waals surface area contributed by atoms with Crippen LogP contribution in [0, 0.1) is 5.92 Å². The number of anilines is 2. The van der Waals surface area contributed by atoms with E-state index >= 15 is 0 Å². The molecule has 6 nitrogen and oxygen atoms in total. The first-order valence-electron chi connectivity index (χ1n) is 6.42. The summed E-state index contributed by atoms with van der Waals surface area (Å²) in [5.41, 5.74) is 1.74. The zero-order valence-corrected chi connectivity index (χ0v) is 12.0. The van der Waals surface area contributed by atoms with Gasteiger partial charge in [0.05, 0.1) is 0 Å². The highest BCUT2D eigenvalue weighted by Gasteiger charge is 2.09. The van der Waals surface area contributed by atoms with Crippen LogP contribution in [0.4, 0.5) is 16.2 Å². The molecule has 0 aromatic heterocycles. The topological polar surface area (TPSA) is 81.7 Å². The second kappa shape index (κ2) is 7.37. The summed E-state index contributed by atoms with van der Waals surface area (Å²) in [6, 6.07) is 7.11. The van der Waals surface area contributed by atoms with Crippen LogP contribution in [0.15, 0.2) is 24.3 Å². The van der Waals surface area contributed by atoms with E-state index in [2.05, 4.69) is 10.6 Å². The van der Waals surface area contributed by atoms with E-state index in [1.165, 1.54) is 0 Å². The molecule has 0 fully saturated rings. The molecule has 1 rings (SSSR count). The number of carbonyl (C=O) groups is 2. The molecule has 0 bridgehead atoms. The molecule has 110 valence electrons. The van der Waals surface area contributed by atoms with Crippen molar-refractivity contribution in [3.05, 3.63) is 24.3 Å². The molecule has 20 heavy (non-hydrogen) atoms. The zero-order valence-electron chi connectivity index (χ0n) is 12.0. The summed E-state index contributed by atoms with van der Waals surface area (Å²) in [5, 5.41) is 14.0. The number of urea groups is 1. The molecule has 1 aromatic rings. The van der Waals surface area contributed by atoms with Gasteiger partial charge in [-0.2, -0.15) is 0 Å². The minimum atomic E-state index is -0.862. The van der Waals surface area contributed by atoms with Crippen LogP contribution in [0.1, 0.15) is 13.3 Å². The Labute approximate surface area is 118 Å². The molecule has 1 unspecified atom stereocenters. The number of benzene rings is 1. The SMILES string of the molecule is CC(CNC(=O)Nc1ccc(N(C)C)cc1)CC(=O)O. The van der Waals surface area contributed by atoms with Crippen LogP contribution >= 0.6 is 0 Å². The quantitative estimate of drug-likeness (QED) is 0.743. The number of carboxylic acids is 1. The Bertz CT molecular complexity index is 457. The number of hydrogen-bond acceptors (Lipinski definition) is 3. The summed E-state index contributed by atoms with van der Waals surface area (Å²) in [7, 11) is 3.89. The lowest BCUT2D eigenvalue weighted by Crippen LogP contribution is -2.32. The van der Waals surface area contributed by atoms with Gasteiger partial charge in [-0.05, 0) is 30.2 Å². The van der Waals surface area contributed by atoms with Crippen LogP contribution in [-0.2, 0) is 4.79 Å². The van der Waals surface area contributed by atoms with Gasteiger partial charge in [0.1, 0.15) is 0 Å². The Morgan fingerprint density at radius 2 is 1.85 bits per heavy atom. The van der Waals surface area contributed by atoms with Gasteiger partial charge in [0.25, 0.3) is 0 Å². The van der Waals surface area contributed by atoms with Gasteiger partial charge < -0.3 is 20.6 Å². The highest BCUT2D eigenvalue weighted by atomic mass is 16.4. The minimum absolute atomic E-state index is 0.0395. The first-order chi connectivity index (χ1) is 9.38. The second-order valence-corrected chi connectivity index (χ2v) is 4.98. The molecule has 0 aliphatic carbocycles. The third-order valence-corrected chi connectivity index (χ3v) is 2.78. The van der Waals surface area contributed by atoms with Crippen molar-refractivity contribution >= 4 is 23.4 Å². The fourth-order valence-corrected chi connectivity index (χ4v) is 1.66. The molecule has 2 amide bonds. The molecule has 0 saturated heterocycles. The lowest BCUT2D eigenvalue weighted by atomic mass is 10.1. The van der Waals surface area contributed by atoms with E-state index in [0.717, 1.165) is 5.69 Å². The number of carbonyl (C=O) groups excluding carboxylic acids is 1. The van der Waals surface area contributed by atoms with E-state index in [4.69, 9.17) is 5.11 Å². The van der Waals surface area contributed by atoms with E-state index in [-0.39, 0.29) is 18.4 Å². The molecule has 0 radical (unpaired) electrons. The second-order valence-electron chi connectivity index (χ2n) is 4.98. The van der Waals surface area contributed by atoms with Gasteiger partial charge in [0.2, 0.25) is 0 Å². The maximum absolute atomic E-state index is 11.6. The molecule has 3 N–H and O–H groups in total. The predicted molar refractivity (Wildman–Crippen MR) is 79.2 cm³/mol. The van der Waals surface area contributed by atoms with Gasteiger partial charge in [-0.25, -0.2) is 4.79 Å². The van der Waals surface area contributed by atoms with Crippen molar-refractivity contribution in [2.24, 2.45) is 5.92 Å². The summed E-state index contributed by atoms with van der Waals surface area (Å²) in [6.07, 6.45) is 0.0395. The van der Waals surface area contributed by atoms with Crippen molar-refractivity contribution in [3.63, 3.8) is 0 Å². The Morgan fingerprint density at radius 1 is 1.25 bits per heavy atom. The first kappa shape index (κ1) is 15.8. The van der Waals surface area contributed by atoms with Crippen LogP contribution in [0.3, 0.4) is 0 Å². The Hall–Kier alpha value is -2.24. The standard InChI is InChI=1S/C14H21N3O3/c1-10(8-13(18)19)9-15-14(20)16-11-4-6-12(7-5-11)17(2)3/h4-7,10H,8-9H2,1-3H3,(H,18,19)(H2,15,16,20). The van der Waals surface area contributed by atoms with Gasteiger partial charge >= 0.3 is 12.0 Å². The van der Waals surface area contributed by atoms with Gasteiger partial charge in [-0.15, -0.1) is 0 Å². The molecule has 0 heterocycles. The number of aliphatic carboxylic acids is 1. The maximum Gasteiger partial charge on any atom is 0.319 e. The number of hydrogen-bond donors (Lipinski definition) is 3. The van der Waals surface area contributed by atoms with Gasteiger partial charge in [-0.1, -0.05) is 6.92 Å². The molecule has 1 atom stereocenters. The lowest BCUT2D eigenvalue weighted by molar-refractivity contribution is -0.137. The monoisotopic (exact) mass is 279 g/mol.